The first-order chi connectivity index (χ1) is 10.0. The Morgan fingerprint density at radius 3 is 2.29 bits per heavy atom. The number of benzene rings is 1. The zero-order chi connectivity index (χ0) is 15.9. The monoisotopic (exact) mass is 308 g/mol. The van der Waals surface area contributed by atoms with E-state index in [2.05, 4.69) is 25.4 Å². The molecule has 0 unspecified atom stereocenters. The smallest absolute Gasteiger partial charge is 0.243 e. The summed E-state index contributed by atoms with van der Waals surface area (Å²) in [6.07, 6.45) is 4.03. The largest absolute Gasteiger partial charge is 0.316 e. The van der Waals surface area contributed by atoms with E-state index in [1.807, 2.05) is 13.1 Å². The number of rotatable bonds is 9. The van der Waals surface area contributed by atoms with Crippen LogP contribution in [0.5, 0.6) is 0 Å². The molecule has 0 radical (unpaired) electrons. The van der Waals surface area contributed by atoms with Gasteiger partial charge in [-0.25, -0.2) is 8.42 Å². The third-order valence-electron chi connectivity index (χ3n) is 3.23. The van der Waals surface area contributed by atoms with Gasteiger partial charge in [0.15, 0.2) is 0 Å². The molecule has 1 aromatic rings. The average molecular weight is 308 g/mol. The van der Waals surface area contributed by atoms with Gasteiger partial charge in [0.1, 0.15) is 0 Å². The summed E-state index contributed by atoms with van der Waals surface area (Å²) in [5.41, 5.74) is 2.17. The van der Waals surface area contributed by atoms with Gasteiger partial charge >= 0.3 is 0 Å². The molecule has 0 amide bonds. The first kappa shape index (κ1) is 17.6. The second kappa shape index (κ2) is 8.12. The fourth-order valence-electron chi connectivity index (χ4n) is 2.17. The van der Waals surface area contributed by atoms with Crippen LogP contribution in [-0.4, -0.2) is 32.9 Å². The molecular formula is C16H24N2O2S. The van der Waals surface area contributed by atoms with E-state index in [0.29, 0.717) is 11.4 Å². The molecule has 0 aliphatic rings. The third-order valence-corrected chi connectivity index (χ3v) is 5.06. The first-order valence-electron chi connectivity index (χ1n) is 6.99. The van der Waals surface area contributed by atoms with Crippen molar-refractivity contribution in [1.29, 1.82) is 0 Å². The second-order valence-electron chi connectivity index (χ2n) is 4.71. The number of nitrogens with zero attached hydrogens (tertiary/aromatic N) is 1. The Hall–Kier alpha value is -1.43. The zero-order valence-corrected chi connectivity index (χ0v) is 13.6. The highest BCUT2D eigenvalue weighted by Gasteiger charge is 2.23. The number of hydrogen-bond acceptors (Lipinski definition) is 3. The molecule has 0 heterocycles. The lowest BCUT2D eigenvalue weighted by atomic mass is 10.1. The minimum absolute atomic E-state index is 0.269. The van der Waals surface area contributed by atoms with E-state index in [0.717, 1.165) is 17.5 Å². The molecule has 0 aliphatic carbocycles. The lowest BCUT2D eigenvalue weighted by molar-refractivity contribution is 0.474. The SMILES string of the molecule is C=CCN(CC=C)S(=O)(=O)c1ccc(CC)c(CNC)c1. The molecule has 21 heavy (non-hydrogen) atoms. The first-order valence-corrected chi connectivity index (χ1v) is 8.43. The van der Waals surface area contributed by atoms with Gasteiger partial charge in [0.2, 0.25) is 10.0 Å². The average Bonchev–Trinajstić information content (AvgIpc) is 2.47. The highest BCUT2D eigenvalue weighted by molar-refractivity contribution is 7.89. The third kappa shape index (κ3) is 4.27. The Labute approximate surface area is 128 Å². The fraction of sp³-hybridized carbons (Fsp3) is 0.375. The Balaban J connectivity index is 3.26. The van der Waals surface area contributed by atoms with Crippen LogP contribution < -0.4 is 5.32 Å². The highest BCUT2D eigenvalue weighted by Crippen LogP contribution is 2.20. The van der Waals surface area contributed by atoms with Gasteiger partial charge in [-0.05, 0) is 36.7 Å². The van der Waals surface area contributed by atoms with Crippen molar-refractivity contribution in [2.45, 2.75) is 24.8 Å². The van der Waals surface area contributed by atoms with Crippen LogP contribution in [0.3, 0.4) is 0 Å². The van der Waals surface area contributed by atoms with Crippen molar-refractivity contribution in [3.8, 4) is 0 Å². The van der Waals surface area contributed by atoms with Crippen molar-refractivity contribution >= 4 is 10.0 Å². The van der Waals surface area contributed by atoms with Crippen LogP contribution in [-0.2, 0) is 23.0 Å². The van der Waals surface area contributed by atoms with Gasteiger partial charge in [-0.1, -0.05) is 25.1 Å². The Morgan fingerprint density at radius 2 is 1.81 bits per heavy atom. The summed E-state index contributed by atoms with van der Waals surface area (Å²) < 4.78 is 26.7. The summed E-state index contributed by atoms with van der Waals surface area (Å²) in [5, 5.41) is 3.08. The van der Waals surface area contributed by atoms with Gasteiger partial charge in [-0.2, -0.15) is 4.31 Å². The molecule has 0 fully saturated rings. The van der Waals surface area contributed by atoms with E-state index < -0.39 is 10.0 Å². The number of nitrogens with one attached hydrogen (secondary N) is 1. The lowest BCUT2D eigenvalue weighted by Crippen LogP contribution is -2.31. The highest BCUT2D eigenvalue weighted by atomic mass is 32.2. The van der Waals surface area contributed by atoms with Crippen molar-refractivity contribution < 1.29 is 8.42 Å². The van der Waals surface area contributed by atoms with Gasteiger partial charge in [-0.3, -0.25) is 0 Å². The van der Waals surface area contributed by atoms with E-state index in [9.17, 15) is 8.42 Å². The van der Waals surface area contributed by atoms with Gasteiger partial charge in [0.05, 0.1) is 4.90 Å². The van der Waals surface area contributed by atoms with Gasteiger partial charge in [0.25, 0.3) is 0 Å². The Morgan fingerprint density at radius 1 is 1.19 bits per heavy atom. The maximum atomic E-state index is 12.7. The summed E-state index contributed by atoms with van der Waals surface area (Å²) >= 11 is 0. The van der Waals surface area contributed by atoms with Crippen LogP contribution in [0, 0.1) is 0 Å². The van der Waals surface area contributed by atoms with Crippen LogP contribution in [0.2, 0.25) is 0 Å². The fourth-order valence-corrected chi connectivity index (χ4v) is 3.60. The molecule has 5 heteroatoms. The van der Waals surface area contributed by atoms with Crippen LogP contribution in [0.15, 0.2) is 48.4 Å². The number of hydrogen-bond donors (Lipinski definition) is 1. The molecule has 0 bridgehead atoms. The molecule has 0 aliphatic heterocycles. The molecule has 1 N–H and O–H groups in total. The lowest BCUT2D eigenvalue weighted by Gasteiger charge is -2.20. The molecule has 0 atom stereocenters. The molecule has 0 saturated heterocycles. The molecule has 1 rings (SSSR count). The van der Waals surface area contributed by atoms with E-state index in [-0.39, 0.29) is 13.1 Å². The van der Waals surface area contributed by atoms with Crippen LogP contribution >= 0.6 is 0 Å². The maximum absolute atomic E-state index is 12.7. The molecular weight excluding hydrogens is 284 g/mol. The van der Waals surface area contributed by atoms with E-state index in [4.69, 9.17) is 0 Å². The molecule has 116 valence electrons. The van der Waals surface area contributed by atoms with Gasteiger partial charge in [0, 0.05) is 19.6 Å². The molecule has 0 saturated carbocycles. The number of aryl methyl sites for hydroxylation is 1. The predicted molar refractivity (Wildman–Crippen MR) is 87.7 cm³/mol. The summed E-state index contributed by atoms with van der Waals surface area (Å²) in [6, 6.07) is 5.32. The zero-order valence-electron chi connectivity index (χ0n) is 12.8. The predicted octanol–water partition coefficient (Wildman–Crippen LogP) is 2.33. The maximum Gasteiger partial charge on any atom is 0.243 e. The topological polar surface area (TPSA) is 49.4 Å². The van der Waals surface area contributed by atoms with Gasteiger partial charge < -0.3 is 5.32 Å². The summed E-state index contributed by atoms with van der Waals surface area (Å²) in [7, 11) is -1.68. The van der Waals surface area contributed by atoms with Crippen molar-refractivity contribution in [1.82, 2.24) is 9.62 Å². The van der Waals surface area contributed by atoms with E-state index in [1.54, 1.807) is 24.3 Å². The van der Waals surface area contributed by atoms with Gasteiger partial charge in [-0.15, -0.1) is 13.2 Å². The van der Waals surface area contributed by atoms with Crippen LogP contribution in [0.4, 0.5) is 0 Å². The second-order valence-corrected chi connectivity index (χ2v) is 6.65. The summed E-state index contributed by atoms with van der Waals surface area (Å²) in [6.45, 7) is 10.5. The van der Waals surface area contributed by atoms with Crippen LogP contribution in [0.1, 0.15) is 18.1 Å². The standard InChI is InChI=1S/C16H24N2O2S/c1-5-10-18(11-6-2)21(19,20)16-9-8-14(7-3)15(12-16)13-17-4/h5-6,8-9,12,17H,1-2,7,10-11,13H2,3-4H3. The minimum Gasteiger partial charge on any atom is -0.316 e. The molecule has 0 spiro atoms. The molecule has 4 nitrogen and oxygen atoms in total. The molecule has 0 aromatic heterocycles. The number of sulfonamides is 1. The van der Waals surface area contributed by atoms with E-state index in [1.165, 1.54) is 4.31 Å². The van der Waals surface area contributed by atoms with Crippen molar-refractivity contribution in [3.05, 3.63) is 54.6 Å². The minimum atomic E-state index is -3.53. The quantitative estimate of drug-likeness (QED) is 0.712. The van der Waals surface area contributed by atoms with Crippen molar-refractivity contribution in [2.24, 2.45) is 0 Å². The summed E-state index contributed by atoms with van der Waals surface area (Å²) in [5.74, 6) is 0. The van der Waals surface area contributed by atoms with E-state index >= 15 is 0 Å². The summed E-state index contributed by atoms with van der Waals surface area (Å²) in [4.78, 5) is 0.314. The van der Waals surface area contributed by atoms with Crippen molar-refractivity contribution in [2.75, 3.05) is 20.1 Å². The van der Waals surface area contributed by atoms with Crippen LogP contribution in [0.25, 0.3) is 0 Å². The Kier molecular flexibility index (Phi) is 6.81. The van der Waals surface area contributed by atoms with Crippen molar-refractivity contribution in [3.63, 3.8) is 0 Å². The molecule has 1 aromatic carbocycles. The normalized spacial score (nSPS) is 11.6. The Bertz CT molecular complexity index is 584.